The molecule has 0 saturated carbocycles. The Balaban J connectivity index is 1.40. The van der Waals surface area contributed by atoms with Gasteiger partial charge in [-0.1, -0.05) is 6.07 Å². The molecule has 3 heterocycles. The molecule has 3 aliphatic heterocycles. The number of rotatable bonds is 8. The van der Waals surface area contributed by atoms with Gasteiger partial charge in [-0.25, -0.2) is 0 Å². The molecular formula is C27H32N2O6S. The third-order valence-corrected chi connectivity index (χ3v) is 7.76. The summed E-state index contributed by atoms with van der Waals surface area (Å²) >= 11 is 1.59. The van der Waals surface area contributed by atoms with E-state index in [0.717, 1.165) is 37.2 Å². The summed E-state index contributed by atoms with van der Waals surface area (Å²) in [6, 6.07) is 10.8. The number of carbonyl (C=O) groups excluding carboxylic acids is 2. The van der Waals surface area contributed by atoms with Gasteiger partial charge in [0.1, 0.15) is 0 Å². The maximum absolute atomic E-state index is 13.7. The van der Waals surface area contributed by atoms with Gasteiger partial charge in [-0.15, -0.1) is 0 Å². The summed E-state index contributed by atoms with van der Waals surface area (Å²) in [5, 5.41) is 0. The first-order chi connectivity index (χ1) is 17.5. The molecule has 8 nitrogen and oxygen atoms in total. The van der Waals surface area contributed by atoms with Crippen LogP contribution < -0.4 is 14.4 Å². The van der Waals surface area contributed by atoms with E-state index in [9.17, 15) is 9.59 Å². The van der Waals surface area contributed by atoms with E-state index in [1.807, 2.05) is 43.5 Å². The molecule has 0 radical (unpaired) electrons. The van der Waals surface area contributed by atoms with Crippen LogP contribution in [0, 0.1) is 0 Å². The third kappa shape index (κ3) is 4.44. The fourth-order valence-electron chi connectivity index (χ4n) is 5.27. The van der Waals surface area contributed by atoms with Gasteiger partial charge in [0.2, 0.25) is 0 Å². The lowest BCUT2D eigenvalue weighted by atomic mass is 10.0. The smallest absolute Gasteiger partial charge is 0.262 e. The van der Waals surface area contributed by atoms with E-state index in [-0.39, 0.29) is 11.8 Å². The van der Waals surface area contributed by atoms with Crippen LogP contribution in [0.5, 0.6) is 11.5 Å². The Morgan fingerprint density at radius 1 is 1.00 bits per heavy atom. The van der Waals surface area contributed by atoms with Gasteiger partial charge in [-0.3, -0.25) is 14.5 Å². The van der Waals surface area contributed by atoms with E-state index in [2.05, 4.69) is 4.90 Å². The Labute approximate surface area is 215 Å². The fraction of sp³-hybridized carbons (Fsp3) is 0.481. The van der Waals surface area contributed by atoms with E-state index in [1.54, 1.807) is 24.9 Å². The second-order valence-corrected chi connectivity index (χ2v) is 10.0. The first-order valence-corrected chi connectivity index (χ1v) is 13.7. The van der Waals surface area contributed by atoms with Crippen molar-refractivity contribution in [3.63, 3.8) is 0 Å². The van der Waals surface area contributed by atoms with Crippen LogP contribution in [-0.2, 0) is 9.47 Å². The SMILES string of the molecule is CCOc1cc(C(CSC)N2C(=O)c3ccc(N4CCC5(CC4)OCCO5)cc3C2=O)ccc1OC. The molecule has 2 aromatic carbocycles. The van der Waals surface area contributed by atoms with Crippen molar-refractivity contribution in [2.24, 2.45) is 0 Å². The van der Waals surface area contributed by atoms with Gasteiger partial charge in [0.25, 0.3) is 11.8 Å². The number of piperidine rings is 1. The zero-order valence-electron chi connectivity index (χ0n) is 21.0. The summed E-state index contributed by atoms with van der Waals surface area (Å²) in [7, 11) is 1.59. The number of imide groups is 1. The van der Waals surface area contributed by atoms with Crippen LogP contribution in [0.15, 0.2) is 36.4 Å². The van der Waals surface area contributed by atoms with E-state index in [4.69, 9.17) is 18.9 Å². The van der Waals surface area contributed by atoms with E-state index < -0.39 is 11.8 Å². The second-order valence-electron chi connectivity index (χ2n) is 9.12. The van der Waals surface area contributed by atoms with Crippen LogP contribution in [0.3, 0.4) is 0 Å². The van der Waals surface area contributed by atoms with Gasteiger partial charge >= 0.3 is 0 Å². The van der Waals surface area contributed by atoms with Crippen molar-refractivity contribution < 1.29 is 28.5 Å². The lowest BCUT2D eigenvalue weighted by Crippen LogP contribution is -2.45. The molecule has 36 heavy (non-hydrogen) atoms. The maximum Gasteiger partial charge on any atom is 0.262 e. The molecule has 1 unspecified atom stereocenters. The van der Waals surface area contributed by atoms with Gasteiger partial charge < -0.3 is 23.8 Å². The molecule has 0 bridgehead atoms. The number of benzene rings is 2. The zero-order valence-corrected chi connectivity index (χ0v) is 21.8. The normalized spacial score (nSPS) is 19.6. The van der Waals surface area contributed by atoms with Crippen molar-refractivity contribution >= 4 is 29.3 Å². The molecule has 9 heteroatoms. The summed E-state index contributed by atoms with van der Waals surface area (Å²) in [4.78, 5) is 30.8. The van der Waals surface area contributed by atoms with E-state index in [1.165, 1.54) is 4.90 Å². The van der Waals surface area contributed by atoms with Gasteiger partial charge in [0.05, 0.1) is 44.1 Å². The average molecular weight is 513 g/mol. The molecule has 5 rings (SSSR count). The Kier molecular flexibility index (Phi) is 7.14. The number of nitrogens with zero attached hydrogens (tertiary/aromatic N) is 2. The highest BCUT2D eigenvalue weighted by molar-refractivity contribution is 7.98. The first kappa shape index (κ1) is 24.9. The van der Waals surface area contributed by atoms with Crippen LogP contribution in [0.1, 0.15) is 52.1 Å². The highest BCUT2D eigenvalue weighted by Crippen LogP contribution is 2.39. The first-order valence-electron chi connectivity index (χ1n) is 12.3. The number of anilines is 1. The molecule has 3 aliphatic rings. The quantitative estimate of drug-likeness (QED) is 0.489. The topological polar surface area (TPSA) is 77.5 Å². The fourth-order valence-corrected chi connectivity index (χ4v) is 5.92. The van der Waals surface area contributed by atoms with Crippen molar-refractivity contribution in [1.82, 2.24) is 4.90 Å². The monoisotopic (exact) mass is 512 g/mol. The highest BCUT2D eigenvalue weighted by Gasteiger charge is 2.42. The van der Waals surface area contributed by atoms with Gasteiger partial charge in [0, 0.05) is 37.4 Å². The minimum absolute atomic E-state index is 0.263. The van der Waals surface area contributed by atoms with Crippen LogP contribution in [-0.4, -0.2) is 74.5 Å². The summed E-state index contributed by atoms with van der Waals surface area (Å²) in [6.45, 7) is 5.21. The number of hydrogen-bond donors (Lipinski definition) is 0. The third-order valence-electron chi connectivity index (χ3n) is 7.11. The Morgan fingerprint density at radius 3 is 2.39 bits per heavy atom. The minimum Gasteiger partial charge on any atom is -0.493 e. The number of fused-ring (bicyclic) bond motifs is 1. The van der Waals surface area contributed by atoms with Crippen molar-refractivity contribution in [1.29, 1.82) is 0 Å². The Bertz CT molecular complexity index is 1140. The summed E-state index contributed by atoms with van der Waals surface area (Å²) in [5.74, 6) is 0.803. The molecule has 1 spiro atoms. The predicted molar refractivity (Wildman–Crippen MR) is 138 cm³/mol. The molecule has 2 saturated heterocycles. The number of hydrogen-bond acceptors (Lipinski definition) is 8. The molecule has 0 aromatic heterocycles. The molecule has 2 amide bonds. The van der Waals surface area contributed by atoms with Gasteiger partial charge in [-0.2, -0.15) is 11.8 Å². The number of ether oxygens (including phenoxy) is 4. The molecule has 0 N–H and O–H groups in total. The Morgan fingerprint density at radius 2 is 1.72 bits per heavy atom. The molecule has 2 aromatic rings. The van der Waals surface area contributed by atoms with Gasteiger partial charge in [0.15, 0.2) is 17.3 Å². The lowest BCUT2D eigenvalue weighted by Gasteiger charge is -2.38. The largest absolute Gasteiger partial charge is 0.493 e. The Hall–Kier alpha value is -2.75. The molecule has 1 atom stereocenters. The van der Waals surface area contributed by atoms with E-state index in [0.29, 0.717) is 48.2 Å². The number of amides is 2. The summed E-state index contributed by atoms with van der Waals surface area (Å²) in [6.07, 6.45) is 3.52. The average Bonchev–Trinajstić information content (AvgIpc) is 3.45. The number of methoxy groups -OCH3 is 1. The van der Waals surface area contributed by atoms with Crippen LogP contribution in [0.2, 0.25) is 0 Å². The van der Waals surface area contributed by atoms with Crippen LogP contribution in [0.25, 0.3) is 0 Å². The van der Waals surface area contributed by atoms with Crippen molar-refractivity contribution in [2.45, 2.75) is 31.6 Å². The molecule has 0 aliphatic carbocycles. The van der Waals surface area contributed by atoms with Crippen molar-refractivity contribution in [2.75, 3.05) is 56.9 Å². The summed E-state index contributed by atoms with van der Waals surface area (Å²) in [5.41, 5.74) is 2.68. The standard InChI is InChI=1S/C27H32N2O6S/c1-4-33-24-15-18(5-8-23(24)32-2)22(17-36-3)29-25(30)20-7-6-19(16-21(20)26(29)31)28-11-9-27(10-12-28)34-13-14-35-27/h5-8,15-16,22H,4,9-14,17H2,1-3H3. The second kappa shape index (κ2) is 10.3. The lowest BCUT2D eigenvalue weighted by molar-refractivity contribution is -0.169. The van der Waals surface area contributed by atoms with E-state index >= 15 is 0 Å². The van der Waals surface area contributed by atoms with Crippen LogP contribution >= 0.6 is 11.8 Å². The van der Waals surface area contributed by atoms with Crippen molar-refractivity contribution in [3.05, 3.63) is 53.1 Å². The molecular weight excluding hydrogens is 480 g/mol. The van der Waals surface area contributed by atoms with Crippen molar-refractivity contribution in [3.8, 4) is 11.5 Å². The predicted octanol–water partition coefficient (Wildman–Crippen LogP) is 4.14. The number of thioether (sulfide) groups is 1. The highest BCUT2D eigenvalue weighted by atomic mass is 32.2. The molecule has 192 valence electrons. The van der Waals surface area contributed by atoms with Gasteiger partial charge in [-0.05, 0) is 49.1 Å². The number of carbonyl (C=O) groups is 2. The van der Waals surface area contributed by atoms with Crippen LogP contribution in [0.4, 0.5) is 5.69 Å². The zero-order chi connectivity index (χ0) is 25.3. The maximum atomic E-state index is 13.7. The molecule has 2 fully saturated rings. The minimum atomic E-state index is -0.459. The summed E-state index contributed by atoms with van der Waals surface area (Å²) < 4.78 is 22.8.